The maximum atomic E-state index is 11.6. The molecule has 3 heterocycles. The Balaban J connectivity index is 1.14. The number of piperidine rings is 1. The third-order valence-electron chi connectivity index (χ3n) is 7.77. The molecule has 0 spiro atoms. The predicted octanol–water partition coefficient (Wildman–Crippen LogP) is 6.29. The molecule has 1 saturated carbocycles. The lowest BCUT2D eigenvalue weighted by molar-refractivity contribution is -0.140. The molecule has 1 aliphatic carbocycles. The fourth-order valence-electron chi connectivity index (χ4n) is 5.36. The summed E-state index contributed by atoms with van der Waals surface area (Å²) in [6.07, 6.45) is 3.35. The average Bonchev–Trinajstić information content (AvgIpc) is 3.69. The van der Waals surface area contributed by atoms with Crippen LogP contribution in [0.4, 0.5) is 17.2 Å². The summed E-state index contributed by atoms with van der Waals surface area (Å²) in [6, 6.07) is 24.2. The summed E-state index contributed by atoms with van der Waals surface area (Å²) in [5.41, 5.74) is 5.11. The van der Waals surface area contributed by atoms with E-state index < -0.39 is 11.4 Å². The molecule has 7 nitrogen and oxygen atoms in total. The number of nitrogens with one attached hydrogen (secondary N) is 1. The lowest BCUT2D eigenvalue weighted by atomic mass is 9.92. The summed E-state index contributed by atoms with van der Waals surface area (Å²) in [5, 5.41) is 17.3. The number of aliphatic carboxylic acids is 1. The van der Waals surface area contributed by atoms with Crippen LogP contribution in [0.3, 0.4) is 0 Å². The topological polar surface area (TPSA) is 91.5 Å². The van der Waals surface area contributed by atoms with Crippen molar-refractivity contribution < 1.29 is 14.4 Å². The molecule has 6 rings (SSSR count). The van der Waals surface area contributed by atoms with Crippen molar-refractivity contribution in [3.8, 4) is 11.3 Å². The molecule has 2 fully saturated rings. The van der Waals surface area contributed by atoms with Gasteiger partial charge in [0.1, 0.15) is 17.2 Å². The van der Waals surface area contributed by atoms with Crippen molar-refractivity contribution in [2.75, 3.05) is 23.3 Å². The van der Waals surface area contributed by atoms with Gasteiger partial charge in [0.25, 0.3) is 0 Å². The average molecular weight is 495 g/mol. The Kier molecular flexibility index (Phi) is 5.91. The molecule has 37 heavy (non-hydrogen) atoms. The van der Waals surface area contributed by atoms with E-state index in [1.165, 1.54) is 0 Å². The van der Waals surface area contributed by atoms with Crippen LogP contribution in [0.5, 0.6) is 0 Å². The maximum absolute atomic E-state index is 11.6. The minimum atomic E-state index is -0.713. The first-order chi connectivity index (χ1) is 18.0. The molecule has 4 aromatic rings. The number of benzene rings is 2. The maximum Gasteiger partial charge on any atom is 0.314 e. The van der Waals surface area contributed by atoms with Crippen molar-refractivity contribution in [1.82, 2.24) is 10.1 Å². The normalized spacial score (nSPS) is 16.9. The minimum absolute atomic E-state index is 0.262. The van der Waals surface area contributed by atoms with E-state index in [0.717, 1.165) is 84.2 Å². The molecular formula is C30H30N4O3. The van der Waals surface area contributed by atoms with E-state index in [1.807, 2.05) is 55.5 Å². The van der Waals surface area contributed by atoms with Gasteiger partial charge < -0.3 is 19.8 Å². The Morgan fingerprint density at radius 1 is 1.00 bits per heavy atom. The second kappa shape index (κ2) is 9.39. The van der Waals surface area contributed by atoms with Gasteiger partial charge in [-0.1, -0.05) is 53.7 Å². The van der Waals surface area contributed by atoms with Crippen LogP contribution in [0.25, 0.3) is 11.3 Å². The summed E-state index contributed by atoms with van der Waals surface area (Å²) in [6.45, 7) is 3.75. The van der Waals surface area contributed by atoms with Gasteiger partial charge in [-0.05, 0) is 62.4 Å². The SMILES string of the molecule is Cc1noc(C2CCN(c3ccc(C4(C(=O)O)CC4)cc3)CC2)c1Nc1cccc(-c2ccccc2)n1. The number of hydrogen-bond acceptors (Lipinski definition) is 6. The quantitative estimate of drug-likeness (QED) is 0.312. The van der Waals surface area contributed by atoms with Crippen molar-refractivity contribution in [3.05, 3.63) is 89.8 Å². The van der Waals surface area contributed by atoms with Crippen LogP contribution in [-0.2, 0) is 10.2 Å². The number of carboxylic acid groups (broad SMARTS) is 1. The zero-order valence-corrected chi connectivity index (χ0v) is 20.9. The highest BCUT2D eigenvalue weighted by Gasteiger charge is 2.51. The largest absolute Gasteiger partial charge is 0.481 e. The van der Waals surface area contributed by atoms with Gasteiger partial charge in [0.05, 0.1) is 11.1 Å². The van der Waals surface area contributed by atoms with Crippen LogP contribution in [0, 0.1) is 6.92 Å². The Bertz CT molecular complexity index is 1400. The number of pyridine rings is 1. The number of nitrogens with zero attached hydrogens (tertiary/aromatic N) is 3. The van der Waals surface area contributed by atoms with Crippen LogP contribution in [0.15, 0.2) is 77.3 Å². The first kappa shape index (κ1) is 23.3. The number of carboxylic acids is 1. The van der Waals surface area contributed by atoms with E-state index in [0.29, 0.717) is 0 Å². The highest BCUT2D eigenvalue weighted by molar-refractivity contribution is 5.85. The Morgan fingerprint density at radius 2 is 1.73 bits per heavy atom. The number of aromatic nitrogens is 2. The highest BCUT2D eigenvalue weighted by atomic mass is 16.5. The molecule has 2 aromatic heterocycles. The van der Waals surface area contributed by atoms with E-state index in [2.05, 4.69) is 39.6 Å². The molecule has 0 amide bonds. The van der Waals surface area contributed by atoms with E-state index in [9.17, 15) is 9.90 Å². The molecule has 2 aromatic carbocycles. The Labute approximate surface area is 216 Å². The van der Waals surface area contributed by atoms with Gasteiger partial charge in [0, 0.05) is 30.3 Å². The third kappa shape index (κ3) is 4.46. The lowest BCUT2D eigenvalue weighted by Crippen LogP contribution is -2.33. The lowest BCUT2D eigenvalue weighted by Gasteiger charge is -2.33. The van der Waals surface area contributed by atoms with E-state index in [-0.39, 0.29) is 5.92 Å². The third-order valence-corrected chi connectivity index (χ3v) is 7.77. The zero-order valence-electron chi connectivity index (χ0n) is 20.9. The van der Waals surface area contributed by atoms with Crippen LogP contribution in [0.2, 0.25) is 0 Å². The van der Waals surface area contributed by atoms with Crippen molar-refractivity contribution in [3.63, 3.8) is 0 Å². The first-order valence-corrected chi connectivity index (χ1v) is 12.9. The van der Waals surface area contributed by atoms with Crippen molar-refractivity contribution >= 4 is 23.2 Å². The second-order valence-corrected chi connectivity index (χ2v) is 10.1. The van der Waals surface area contributed by atoms with Gasteiger partial charge in [-0.25, -0.2) is 4.98 Å². The zero-order chi connectivity index (χ0) is 25.4. The molecule has 1 saturated heterocycles. The minimum Gasteiger partial charge on any atom is -0.481 e. The molecule has 0 unspecified atom stereocenters. The summed E-state index contributed by atoms with van der Waals surface area (Å²) in [7, 11) is 0. The van der Waals surface area contributed by atoms with Gasteiger partial charge in [0.2, 0.25) is 0 Å². The number of rotatable bonds is 7. The highest BCUT2D eigenvalue weighted by Crippen LogP contribution is 2.48. The Hall–Kier alpha value is -4.13. The van der Waals surface area contributed by atoms with Crippen molar-refractivity contribution in [1.29, 1.82) is 0 Å². The first-order valence-electron chi connectivity index (χ1n) is 12.9. The molecule has 1 aliphatic heterocycles. The number of hydrogen-bond donors (Lipinski definition) is 2. The van der Waals surface area contributed by atoms with Crippen molar-refractivity contribution in [2.24, 2.45) is 0 Å². The summed E-state index contributed by atoms with van der Waals surface area (Å²) < 4.78 is 5.83. The molecule has 7 heteroatoms. The molecule has 0 atom stereocenters. The van der Waals surface area contributed by atoms with E-state index >= 15 is 0 Å². The fourth-order valence-corrected chi connectivity index (χ4v) is 5.36. The molecular weight excluding hydrogens is 464 g/mol. The van der Waals surface area contributed by atoms with E-state index in [1.54, 1.807) is 0 Å². The number of carbonyl (C=O) groups is 1. The summed E-state index contributed by atoms with van der Waals surface area (Å²) in [5.74, 6) is 1.20. The van der Waals surface area contributed by atoms with Crippen LogP contribution in [0.1, 0.15) is 48.6 Å². The van der Waals surface area contributed by atoms with E-state index in [4.69, 9.17) is 9.51 Å². The molecule has 188 valence electrons. The predicted molar refractivity (Wildman–Crippen MR) is 143 cm³/mol. The monoisotopic (exact) mass is 494 g/mol. The molecule has 0 radical (unpaired) electrons. The van der Waals surface area contributed by atoms with Gasteiger partial charge in [-0.2, -0.15) is 0 Å². The van der Waals surface area contributed by atoms with Crippen LogP contribution < -0.4 is 10.2 Å². The van der Waals surface area contributed by atoms with Gasteiger partial charge >= 0.3 is 5.97 Å². The Morgan fingerprint density at radius 3 is 2.41 bits per heavy atom. The molecule has 0 bridgehead atoms. The fraction of sp³-hybridized carbons (Fsp3) is 0.300. The number of anilines is 3. The number of aryl methyl sites for hydroxylation is 1. The second-order valence-electron chi connectivity index (χ2n) is 10.1. The summed E-state index contributed by atoms with van der Waals surface area (Å²) in [4.78, 5) is 18.8. The summed E-state index contributed by atoms with van der Waals surface area (Å²) >= 11 is 0. The van der Waals surface area contributed by atoms with Gasteiger partial charge in [-0.15, -0.1) is 0 Å². The smallest absolute Gasteiger partial charge is 0.314 e. The van der Waals surface area contributed by atoms with Gasteiger partial charge in [0.15, 0.2) is 5.76 Å². The van der Waals surface area contributed by atoms with Gasteiger partial charge in [-0.3, -0.25) is 4.79 Å². The molecule has 2 aliphatic rings. The van der Waals surface area contributed by atoms with Crippen LogP contribution in [-0.4, -0.2) is 34.3 Å². The standard InChI is InChI=1S/C30H30N4O3/c1-20-27(32-26-9-5-8-25(31-26)21-6-3-2-4-7-21)28(37-33-20)22-14-18-34(19-15-22)24-12-10-23(11-13-24)30(16-17-30)29(35)36/h2-13,22H,14-19H2,1H3,(H,31,32)(H,35,36). The molecule has 2 N–H and O–H groups in total. The van der Waals surface area contributed by atoms with Crippen molar-refractivity contribution in [2.45, 2.75) is 43.9 Å². The van der Waals surface area contributed by atoms with Crippen LogP contribution >= 0.6 is 0 Å².